The smallest absolute Gasteiger partial charge is 0.274 e. The van der Waals surface area contributed by atoms with Crippen LogP contribution in [0.3, 0.4) is 0 Å². The molecule has 1 amide bonds. The van der Waals surface area contributed by atoms with Crippen molar-refractivity contribution in [3.05, 3.63) is 42.0 Å². The van der Waals surface area contributed by atoms with Crippen molar-refractivity contribution in [1.29, 1.82) is 0 Å². The Morgan fingerprint density at radius 1 is 1.04 bits per heavy atom. The highest BCUT2D eigenvalue weighted by Crippen LogP contribution is 2.29. The van der Waals surface area contributed by atoms with Gasteiger partial charge >= 0.3 is 0 Å². The first kappa shape index (κ1) is 14.3. The molecule has 0 bridgehead atoms. The van der Waals surface area contributed by atoms with Crippen LogP contribution in [0.1, 0.15) is 42.0 Å². The van der Waals surface area contributed by atoms with Gasteiger partial charge in [0.05, 0.1) is 17.6 Å². The summed E-state index contributed by atoms with van der Waals surface area (Å²) in [5, 5.41) is 3.10. The van der Waals surface area contributed by atoms with E-state index in [9.17, 15) is 4.79 Å². The number of hydrogen-bond acceptors (Lipinski definition) is 3. The SMILES string of the molecule is O=C(Nc1ccccc1N1CCCC1)c1cnc2n1CCCC2. The number of nitrogens with zero attached hydrogens (tertiary/aromatic N) is 3. The molecular formula is C18H22N4O. The van der Waals surface area contributed by atoms with E-state index in [2.05, 4.69) is 25.8 Å². The van der Waals surface area contributed by atoms with E-state index in [1.807, 2.05) is 18.2 Å². The summed E-state index contributed by atoms with van der Waals surface area (Å²) >= 11 is 0. The molecule has 1 aromatic carbocycles. The third-order valence-corrected chi connectivity index (χ3v) is 4.80. The number of para-hydroxylation sites is 2. The summed E-state index contributed by atoms with van der Waals surface area (Å²) < 4.78 is 2.07. The Bertz CT molecular complexity index is 716. The number of fused-ring (bicyclic) bond motifs is 1. The van der Waals surface area contributed by atoms with Gasteiger partial charge in [0.15, 0.2) is 0 Å². The molecule has 0 spiro atoms. The molecule has 1 N–H and O–H groups in total. The summed E-state index contributed by atoms with van der Waals surface area (Å²) in [6, 6.07) is 8.08. The lowest BCUT2D eigenvalue weighted by Gasteiger charge is -2.22. The van der Waals surface area contributed by atoms with E-state index in [0.29, 0.717) is 5.69 Å². The predicted molar refractivity (Wildman–Crippen MR) is 91.0 cm³/mol. The van der Waals surface area contributed by atoms with Gasteiger partial charge in [-0.3, -0.25) is 4.79 Å². The van der Waals surface area contributed by atoms with Gasteiger partial charge in [0, 0.05) is 26.1 Å². The van der Waals surface area contributed by atoms with Crippen LogP contribution in [0.25, 0.3) is 0 Å². The maximum atomic E-state index is 12.7. The third-order valence-electron chi connectivity index (χ3n) is 4.80. The van der Waals surface area contributed by atoms with Crippen molar-refractivity contribution >= 4 is 17.3 Å². The van der Waals surface area contributed by atoms with E-state index in [4.69, 9.17) is 0 Å². The fraction of sp³-hybridized carbons (Fsp3) is 0.444. The Balaban J connectivity index is 1.58. The van der Waals surface area contributed by atoms with Gasteiger partial charge < -0.3 is 14.8 Å². The molecule has 5 heteroatoms. The molecule has 23 heavy (non-hydrogen) atoms. The van der Waals surface area contributed by atoms with E-state index in [0.717, 1.165) is 56.1 Å². The number of imidazole rings is 1. The molecule has 3 heterocycles. The highest BCUT2D eigenvalue weighted by molar-refractivity contribution is 6.04. The highest BCUT2D eigenvalue weighted by atomic mass is 16.2. The normalized spacial score (nSPS) is 17.1. The third kappa shape index (κ3) is 2.71. The average molecular weight is 310 g/mol. The van der Waals surface area contributed by atoms with Gasteiger partial charge in [-0.05, 0) is 37.8 Å². The van der Waals surface area contributed by atoms with Crippen LogP contribution in [0, 0.1) is 0 Å². The fourth-order valence-corrected chi connectivity index (χ4v) is 3.60. The molecule has 1 fully saturated rings. The number of anilines is 2. The zero-order valence-electron chi connectivity index (χ0n) is 13.3. The van der Waals surface area contributed by atoms with Crippen molar-refractivity contribution in [3.63, 3.8) is 0 Å². The topological polar surface area (TPSA) is 50.2 Å². The number of aryl methyl sites for hydroxylation is 1. The molecule has 0 saturated carbocycles. The molecule has 120 valence electrons. The summed E-state index contributed by atoms with van der Waals surface area (Å²) in [6.45, 7) is 3.02. The average Bonchev–Trinajstić information content (AvgIpc) is 3.25. The van der Waals surface area contributed by atoms with Gasteiger partial charge in [-0.1, -0.05) is 12.1 Å². The molecule has 0 aliphatic carbocycles. The summed E-state index contributed by atoms with van der Waals surface area (Å²) in [7, 11) is 0. The summed E-state index contributed by atoms with van der Waals surface area (Å²) in [4.78, 5) is 19.5. The summed E-state index contributed by atoms with van der Waals surface area (Å²) in [5.41, 5.74) is 2.69. The largest absolute Gasteiger partial charge is 0.370 e. The molecule has 1 saturated heterocycles. The number of nitrogens with one attached hydrogen (secondary N) is 1. The number of carbonyl (C=O) groups excluding carboxylic acids is 1. The molecular weight excluding hydrogens is 288 g/mol. The second kappa shape index (κ2) is 6.07. The number of benzene rings is 1. The lowest BCUT2D eigenvalue weighted by atomic mass is 10.1. The maximum absolute atomic E-state index is 12.7. The highest BCUT2D eigenvalue weighted by Gasteiger charge is 2.21. The Kier molecular flexibility index (Phi) is 3.77. The molecule has 0 radical (unpaired) electrons. The second-order valence-corrected chi connectivity index (χ2v) is 6.33. The molecule has 2 aliphatic rings. The predicted octanol–water partition coefficient (Wildman–Crippen LogP) is 3.07. The van der Waals surface area contributed by atoms with Crippen LogP contribution in [0.5, 0.6) is 0 Å². The Morgan fingerprint density at radius 2 is 1.83 bits per heavy atom. The van der Waals surface area contributed by atoms with Crippen molar-refractivity contribution in [2.45, 2.75) is 38.6 Å². The van der Waals surface area contributed by atoms with E-state index in [-0.39, 0.29) is 5.91 Å². The van der Waals surface area contributed by atoms with Gasteiger partial charge in [-0.25, -0.2) is 4.98 Å². The van der Waals surface area contributed by atoms with Gasteiger partial charge in [0.25, 0.3) is 5.91 Å². The van der Waals surface area contributed by atoms with Crippen molar-refractivity contribution in [2.75, 3.05) is 23.3 Å². The standard InChI is InChI=1S/C18H22N4O/c23-18(16-13-19-17-9-3-4-12-22(16)17)20-14-7-1-2-8-15(14)21-10-5-6-11-21/h1-2,7-8,13H,3-6,9-12H2,(H,20,23). The fourth-order valence-electron chi connectivity index (χ4n) is 3.60. The number of aromatic nitrogens is 2. The van der Waals surface area contributed by atoms with E-state index in [1.165, 1.54) is 12.8 Å². The molecule has 2 aromatic rings. The van der Waals surface area contributed by atoms with Crippen molar-refractivity contribution in [1.82, 2.24) is 9.55 Å². The number of carbonyl (C=O) groups is 1. The minimum Gasteiger partial charge on any atom is -0.370 e. The van der Waals surface area contributed by atoms with Crippen LogP contribution < -0.4 is 10.2 Å². The summed E-state index contributed by atoms with van der Waals surface area (Å²) in [6.07, 6.45) is 7.41. The maximum Gasteiger partial charge on any atom is 0.274 e. The van der Waals surface area contributed by atoms with E-state index >= 15 is 0 Å². The van der Waals surface area contributed by atoms with Gasteiger partial charge in [0.1, 0.15) is 11.5 Å². The first-order valence-corrected chi connectivity index (χ1v) is 8.53. The van der Waals surface area contributed by atoms with Crippen LogP contribution >= 0.6 is 0 Å². The zero-order valence-corrected chi connectivity index (χ0v) is 13.3. The molecule has 0 atom stereocenters. The van der Waals surface area contributed by atoms with Crippen LogP contribution in [0.4, 0.5) is 11.4 Å². The van der Waals surface area contributed by atoms with Gasteiger partial charge in [-0.2, -0.15) is 0 Å². The first-order chi connectivity index (χ1) is 11.3. The minimum absolute atomic E-state index is 0.0581. The number of rotatable bonds is 3. The van der Waals surface area contributed by atoms with Gasteiger partial charge in [-0.15, -0.1) is 0 Å². The quantitative estimate of drug-likeness (QED) is 0.948. The molecule has 0 unspecified atom stereocenters. The van der Waals surface area contributed by atoms with Gasteiger partial charge in [0.2, 0.25) is 0 Å². The van der Waals surface area contributed by atoms with Crippen LogP contribution in [-0.4, -0.2) is 28.5 Å². The number of hydrogen-bond donors (Lipinski definition) is 1. The first-order valence-electron chi connectivity index (χ1n) is 8.53. The Hall–Kier alpha value is -2.30. The molecule has 1 aromatic heterocycles. The Labute approximate surface area is 136 Å². The van der Waals surface area contributed by atoms with E-state index < -0.39 is 0 Å². The van der Waals surface area contributed by atoms with Crippen LogP contribution in [0.15, 0.2) is 30.5 Å². The zero-order chi connectivity index (χ0) is 15.6. The van der Waals surface area contributed by atoms with E-state index in [1.54, 1.807) is 6.20 Å². The summed E-state index contributed by atoms with van der Waals surface area (Å²) in [5.74, 6) is 0.978. The second-order valence-electron chi connectivity index (χ2n) is 6.33. The lowest BCUT2D eigenvalue weighted by Crippen LogP contribution is -2.23. The molecule has 5 nitrogen and oxygen atoms in total. The minimum atomic E-state index is -0.0581. The van der Waals surface area contributed by atoms with Crippen LogP contribution in [0.2, 0.25) is 0 Å². The monoisotopic (exact) mass is 310 g/mol. The lowest BCUT2D eigenvalue weighted by molar-refractivity contribution is 0.101. The van der Waals surface area contributed by atoms with Crippen molar-refractivity contribution < 1.29 is 4.79 Å². The van der Waals surface area contributed by atoms with Crippen molar-refractivity contribution in [2.24, 2.45) is 0 Å². The Morgan fingerprint density at radius 3 is 2.70 bits per heavy atom. The molecule has 4 rings (SSSR count). The van der Waals surface area contributed by atoms with Crippen molar-refractivity contribution in [3.8, 4) is 0 Å². The van der Waals surface area contributed by atoms with Crippen LogP contribution in [-0.2, 0) is 13.0 Å². The number of amides is 1. The molecule has 2 aliphatic heterocycles.